The van der Waals surface area contributed by atoms with Crippen LogP contribution in [-0.4, -0.2) is 34.1 Å². The smallest absolute Gasteiger partial charge is 0.0703 e. The van der Waals surface area contributed by atoms with Crippen LogP contribution < -0.4 is 0 Å². The number of aryl methyl sites for hydroxylation is 1. The Morgan fingerprint density at radius 1 is 1.13 bits per heavy atom. The van der Waals surface area contributed by atoms with Crippen molar-refractivity contribution in [3.63, 3.8) is 0 Å². The Labute approximate surface area is 138 Å². The molecule has 1 atom stereocenters. The van der Waals surface area contributed by atoms with E-state index in [4.69, 9.17) is 4.74 Å². The van der Waals surface area contributed by atoms with E-state index < -0.39 is 0 Å². The molecule has 1 aliphatic heterocycles. The van der Waals surface area contributed by atoms with Crippen molar-refractivity contribution in [2.24, 2.45) is 0 Å². The van der Waals surface area contributed by atoms with Crippen molar-refractivity contribution < 1.29 is 4.74 Å². The Hall–Kier alpha value is -1.78. The molecule has 0 bridgehead atoms. The van der Waals surface area contributed by atoms with Gasteiger partial charge < -0.3 is 4.74 Å². The zero-order chi connectivity index (χ0) is 15.9. The van der Waals surface area contributed by atoms with Crippen molar-refractivity contribution in [1.82, 2.24) is 14.9 Å². The highest BCUT2D eigenvalue weighted by Crippen LogP contribution is 2.16. The zero-order valence-corrected chi connectivity index (χ0v) is 13.8. The minimum atomic E-state index is 0.341. The van der Waals surface area contributed by atoms with Crippen molar-refractivity contribution in [3.05, 3.63) is 59.7 Å². The van der Waals surface area contributed by atoms with Gasteiger partial charge in [-0.05, 0) is 43.0 Å². The summed E-state index contributed by atoms with van der Waals surface area (Å²) in [6.45, 7) is 5.65. The predicted octanol–water partition coefficient (Wildman–Crippen LogP) is 3.22. The third kappa shape index (κ3) is 4.85. The number of pyridine rings is 2. The standard InChI is InChI=1S/C19H25N3O/c1-2-16-8-9-18(21-12-16)14-22(15-19-7-5-11-23-19)13-17-6-3-4-10-20-17/h3-4,6,8-10,12,19H,2,5,7,11,13-15H2,1H3. The maximum atomic E-state index is 5.81. The second kappa shape index (κ2) is 8.18. The first kappa shape index (κ1) is 16.1. The van der Waals surface area contributed by atoms with Crippen molar-refractivity contribution >= 4 is 0 Å². The lowest BCUT2D eigenvalue weighted by Gasteiger charge is -2.24. The second-order valence-electron chi connectivity index (χ2n) is 6.14. The van der Waals surface area contributed by atoms with Crippen molar-refractivity contribution in [3.8, 4) is 0 Å². The van der Waals surface area contributed by atoms with Gasteiger partial charge in [-0.3, -0.25) is 14.9 Å². The van der Waals surface area contributed by atoms with Gasteiger partial charge in [0.05, 0.1) is 17.5 Å². The fraction of sp³-hybridized carbons (Fsp3) is 0.474. The molecular weight excluding hydrogens is 286 g/mol. The van der Waals surface area contributed by atoms with Gasteiger partial charge in [0.25, 0.3) is 0 Å². The van der Waals surface area contributed by atoms with E-state index in [9.17, 15) is 0 Å². The number of rotatable bonds is 7. The number of hydrogen-bond acceptors (Lipinski definition) is 4. The first-order valence-corrected chi connectivity index (χ1v) is 8.51. The van der Waals surface area contributed by atoms with Crippen LogP contribution in [0.25, 0.3) is 0 Å². The Balaban J connectivity index is 1.67. The molecular formula is C19H25N3O. The van der Waals surface area contributed by atoms with Crippen LogP contribution in [0, 0.1) is 0 Å². The van der Waals surface area contributed by atoms with E-state index in [1.165, 1.54) is 12.0 Å². The highest BCUT2D eigenvalue weighted by Gasteiger charge is 2.20. The van der Waals surface area contributed by atoms with Gasteiger partial charge in [0.2, 0.25) is 0 Å². The molecule has 0 N–H and O–H groups in total. The van der Waals surface area contributed by atoms with Crippen LogP contribution in [-0.2, 0) is 24.2 Å². The van der Waals surface area contributed by atoms with Gasteiger partial charge in [-0.15, -0.1) is 0 Å². The van der Waals surface area contributed by atoms with Crippen LogP contribution in [0.2, 0.25) is 0 Å². The van der Waals surface area contributed by atoms with Crippen LogP contribution in [0.4, 0.5) is 0 Å². The van der Waals surface area contributed by atoms with Crippen molar-refractivity contribution in [2.45, 2.75) is 45.4 Å². The van der Waals surface area contributed by atoms with Crippen LogP contribution >= 0.6 is 0 Å². The molecule has 23 heavy (non-hydrogen) atoms. The number of aromatic nitrogens is 2. The summed E-state index contributed by atoms with van der Waals surface area (Å²) in [6, 6.07) is 10.4. The van der Waals surface area contributed by atoms with Gasteiger partial charge >= 0.3 is 0 Å². The topological polar surface area (TPSA) is 38.2 Å². The molecule has 0 aromatic carbocycles. The minimum Gasteiger partial charge on any atom is -0.377 e. The summed E-state index contributed by atoms with van der Waals surface area (Å²) in [7, 11) is 0. The summed E-state index contributed by atoms with van der Waals surface area (Å²) >= 11 is 0. The molecule has 0 saturated carbocycles. The molecule has 0 radical (unpaired) electrons. The Morgan fingerprint density at radius 2 is 2.00 bits per heavy atom. The molecule has 1 aliphatic rings. The highest BCUT2D eigenvalue weighted by atomic mass is 16.5. The zero-order valence-electron chi connectivity index (χ0n) is 13.8. The minimum absolute atomic E-state index is 0.341. The lowest BCUT2D eigenvalue weighted by molar-refractivity contribution is 0.0670. The predicted molar refractivity (Wildman–Crippen MR) is 90.9 cm³/mol. The normalized spacial score (nSPS) is 17.7. The maximum absolute atomic E-state index is 5.81. The lowest BCUT2D eigenvalue weighted by Crippen LogP contribution is -2.32. The largest absolute Gasteiger partial charge is 0.377 e. The fourth-order valence-electron chi connectivity index (χ4n) is 2.97. The Bertz CT molecular complexity index is 579. The van der Waals surface area contributed by atoms with E-state index >= 15 is 0 Å². The average molecular weight is 311 g/mol. The van der Waals surface area contributed by atoms with E-state index in [0.29, 0.717) is 6.10 Å². The third-order valence-corrected chi connectivity index (χ3v) is 4.28. The van der Waals surface area contributed by atoms with Crippen molar-refractivity contribution in [1.29, 1.82) is 0 Å². The molecule has 2 aromatic rings. The molecule has 0 amide bonds. The van der Waals surface area contributed by atoms with E-state index in [1.807, 2.05) is 24.5 Å². The van der Waals surface area contributed by atoms with Gasteiger partial charge in [0, 0.05) is 38.6 Å². The molecule has 1 saturated heterocycles. The number of ether oxygens (including phenoxy) is 1. The van der Waals surface area contributed by atoms with Gasteiger partial charge in [-0.2, -0.15) is 0 Å². The maximum Gasteiger partial charge on any atom is 0.0703 e. The van der Waals surface area contributed by atoms with Crippen LogP contribution in [0.3, 0.4) is 0 Å². The molecule has 4 heteroatoms. The van der Waals surface area contributed by atoms with Crippen molar-refractivity contribution in [2.75, 3.05) is 13.2 Å². The molecule has 3 heterocycles. The second-order valence-corrected chi connectivity index (χ2v) is 6.14. The molecule has 3 rings (SSSR count). The summed E-state index contributed by atoms with van der Waals surface area (Å²) in [5, 5.41) is 0. The molecule has 1 fully saturated rings. The average Bonchev–Trinajstić information content (AvgIpc) is 3.09. The van der Waals surface area contributed by atoms with Gasteiger partial charge in [-0.25, -0.2) is 0 Å². The molecule has 1 unspecified atom stereocenters. The molecule has 122 valence electrons. The first-order chi connectivity index (χ1) is 11.3. The summed E-state index contributed by atoms with van der Waals surface area (Å²) in [6.07, 6.45) is 7.54. The third-order valence-electron chi connectivity index (χ3n) is 4.28. The van der Waals surface area contributed by atoms with Crippen LogP contribution in [0.1, 0.15) is 36.7 Å². The van der Waals surface area contributed by atoms with Gasteiger partial charge in [-0.1, -0.05) is 19.1 Å². The van der Waals surface area contributed by atoms with E-state index in [0.717, 1.165) is 50.5 Å². The number of hydrogen-bond donors (Lipinski definition) is 0. The molecule has 0 aliphatic carbocycles. The van der Waals surface area contributed by atoms with E-state index in [1.54, 1.807) is 0 Å². The highest BCUT2D eigenvalue weighted by molar-refractivity contribution is 5.14. The Kier molecular flexibility index (Phi) is 5.72. The van der Waals surface area contributed by atoms with Crippen LogP contribution in [0.5, 0.6) is 0 Å². The monoisotopic (exact) mass is 311 g/mol. The SMILES string of the molecule is CCc1ccc(CN(Cc2ccccn2)CC2CCCO2)nc1. The summed E-state index contributed by atoms with van der Waals surface area (Å²) in [4.78, 5) is 11.5. The van der Waals surface area contributed by atoms with E-state index in [2.05, 4.69) is 40.0 Å². The van der Waals surface area contributed by atoms with Crippen LogP contribution in [0.15, 0.2) is 42.7 Å². The molecule has 0 spiro atoms. The quantitative estimate of drug-likeness (QED) is 0.787. The van der Waals surface area contributed by atoms with E-state index in [-0.39, 0.29) is 0 Å². The summed E-state index contributed by atoms with van der Waals surface area (Å²) in [5.74, 6) is 0. The summed E-state index contributed by atoms with van der Waals surface area (Å²) in [5.41, 5.74) is 3.48. The van der Waals surface area contributed by atoms with Gasteiger partial charge in [0.1, 0.15) is 0 Å². The molecule has 4 nitrogen and oxygen atoms in total. The van der Waals surface area contributed by atoms with Gasteiger partial charge in [0.15, 0.2) is 0 Å². The fourth-order valence-corrected chi connectivity index (χ4v) is 2.97. The molecule has 2 aromatic heterocycles. The number of nitrogens with zero attached hydrogens (tertiary/aromatic N) is 3. The summed E-state index contributed by atoms with van der Waals surface area (Å²) < 4.78 is 5.81. The Morgan fingerprint density at radius 3 is 2.61 bits per heavy atom. The first-order valence-electron chi connectivity index (χ1n) is 8.51. The lowest BCUT2D eigenvalue weighted by atomic mass is 10.2.